The first-order valence-electron chi connectivity index (χ1n) is 11.7. The van der Waals surface area contributed by atoms with Crippen molar-refractivity contribution >= 4 is 28.6 Å². The molecular weight excluding hydrogens is 479 g/mol. The predicted octanol–water partition coefficient (Wildman–Crippen LogP) is 2.84. The molecule has 3 aromatic rings. The van der Waals surface area contributed by atoms with Gasteiger partial charge in [-0.1, -0.05) is 0 Å². The highest BCUT2D eigenvalue weighted by Gasteiger charge is 2.46. The third-order valence-corrected chi connectivity index (χ3v) is 7.34. The number of nitrogens with zero attached hydrogens (tertiary/aromatic N) is 7. The third-order valence-electron chi connectivity index (χ3n) is 7.34. The van der Waals surface area contributed by atoms with E-state index in [1.807, 2.05) is 4.68 Å². The molecule has 0 saturated carbocycles. The van der Waals surface area contributed by atoms with E-state index >= 15 is 0 Å². The minimum absolute atomic E-state index is 0.0959. The van der Waals surface area contributed by atoms with Gasteiger partial charge >= 0.3 is 6.18 Å². The molecule has 0 aromatic carbocycles. The molecule has 10 nitrogen and oxygen atoms in total. The molecule has 0 unspecified atom stereocenters. The van der Waals surface area contributed by atoms with Gasteiger partial charge in [-0.2, -0.15) is 18.2 Å². The standard InChI is InChI=1S/C23H24F3N7O3/c1-35-20-16-10-28-21(29-19(16)33(30-20)15-11-36-12-15)31-6-4-22(5-7-31)8-18(34)32(13-22)14-2-3-17(27-9-14)23(24,25)26/h2-3,9-10,15H,4-8,11-13H2,1H3. The number of anilines is 2. The lowest BCUT2D eigenvalue weighted by Gasteiger charge is -2.38. The van der Waals surface area contributed by atoms with Gasteiger partial charge < -0.3 is 19.3 Å². The number of aromatic nitrogens is 5. The summed E-state index contributed by atoms with van der Waals surface area (Å²) < 4.78 is 51.1. The van der Waals surface area contributed by atoms with Crippen LogP contribution in [0.3, 0.4) is 0 Å². The molecule has 1 amide bonds. The number of hydrogen-bond acceptors (Lipinski definition) is 8. The van der Waals surface area contributed by atoms with E-state index in [1.165, 1.54) is 6.07 Å². The zero-order valence-corrected chi connectivity index (χ0v) is 19.5. The van der Waals surface area contributed by atoms with Gasteiger partial charge in [0.05, 0.1) is 32.2 Å². The maximum atomic E-state index is 12.8. The van der Waals surface area contributed by atoms with E-state index < -0.39 is 11.9 Å². The monoisotopic (exact) mass is 503 g/mol. The molecule has 0 bridgehead atoms. The van der Waals surface area contributed by atoms with Crippen molar-refractivity contribution in [1.29, 1.82) is 0 Å². The van der Waals surface area contributed by atoms with Gasteiger partial charge in [0.15, 0.2) is 5.65 Å². The molecule has 0 aliphatic carbocycles. The van der Waals surface area contributed by atoms with Crippen LogP contribution >= 0.6 is 0 Å². The fourth-order valence-corrected chi connectivity index (χ4v) is 5.17. The van der Waals surface area contributed by atoms with Crippen LogP contribution in [0.15, 0.2) is 24.5 Å². The lowest BCUT2D eigenvalue weighted by molar-refractivity contribution is -0.141. The van der Waals surface area contributed by atoms with E-state index in [0.717, 1.165) is 30.5 Å². The summed E-state index contributed by atoms with van der Waals surface area (Å²) in [6, 6.07) is 2.34. The third kappa shape index (κ3) is 3.81. The highest BCUT2D eigenvalue weighted by Crippen LogP contribution is 2.43. The fourth-order valence-electron chi connectivity index (χ4n) is 5.17. The topological polar surface area (TPSA) is 98.5 Å². The largest absolute Gasteiger partial charge is 0.479 e. The van der Waals surface area contributed by atoms with Crippen LogP contribution in [0.4, 0.5) is 24.8 Å². The lowest BCUT2D eigenvalue weighted by atomic mass is 9.77. The number of carbonyl (C=O) groups excluding carboxylic acids is 1. The zero-order chi connectivity index (χ0) is 25.1. The van der Waals surface area contributed by atoms with Gasteiger partial charge in [0.2, 0.25) is 17.7 Å². The van der Waals surface area contributed by atoms with Gasteiger partial charge in [0, 0.05) is 37.7 Å². The SMILES string of the molecule is COc1nn(C2COC2)c2nc(N3CCC4(CC3)CC(=O)N(c3ccc(C(F)(F)F)nc3)C4)ncc12. The molecule has 0 atom stereocenters. The summed E-state index contributed by atoms with van der Waals surface area (Å²) in [6.07, 6.45) is 0.174. The number of ether oxygens (including phenoxy) is 2. The van der Waals surface area contributed by atoms with Crippen LogP contribution in [0.25, 0.3) is 11.0 Å². The maximum absolute atomic E-state index is 12.8. The number of fused-ring (bicyclic) bond motifs is 1. The van der Waals surface area contributed by atoms with Gasteiger partial charge in [0.25, 0.3) is 0 Å². The van der Waals surface area contributed by atoms with Crippen LogP contribution in [0, 0.1) is 5.41 Å². The normalized spacial score (nSPS) is 20.4. The Hall–Kier alpha value is -3.48. The molecule has 3 saturated heterocycles. The molecule has 13 heteroatoms. The van der Waals surface area contributed by atoms with Crippen LogP contribution in [-0.2, 0) is 15.7 Å². The first-order chi connectivity index (χ1) is 17.3. The summed E-state index contributed by atoms with van der Waals surface area (Å²) in [7, 11) is 1.56. The highest BCUT2D eigenvalue weighted by atomic mass is 19.4. The first kappa shape index (κ1) is 23.0. The number of pyridine rings is 1. The molecule has 0 N–H and O–H groups in total. The summed E-state index contributed by atoms with van der Waals surface area (Å²) in [4.78, 5) is 29.3. The lowest BCUT2D eigenvalue weighted by Crippen LogP contribution is -2.42. The molecular formula is C23H24F3N7O3. The van der Waals surface area contributed by atoms with E-state index in [1.54, 1.807) is 18.2 Å². The Labute approximate surface area is 204 Å². The van der Waals surface area contributed by atoms with Crippen molar-refractivity contribution in [1.82, 2.24) is 24.7 Å². The molecule has 1 spiro atoms. The van der Waals surface area contributed by atoms with E-state index in [4.69, 9.17) is 14.5 Å². The number of alkyl halides is 3. The average Bonchev–Trinajstić information content (AvgIpc) is 3.35. The number of rotatable bonds is 4. The van der Waals surface area contributed by atoms with Gasteiger partial charge in [0.1, 0.15) is 17.1 Å². The Morgan fingerprint density at radius 1 is 1.14 bits per heavy atom. The van der Waals surface area contributed by atoms with Crippen molar-refractivity contribution in [3.63, 3.8) is 0 Å². The average molecular weight is 503 g/mol. The van der Waals surface area contributed by atoms with E-state index in [-0.39, 0.29) is 17.4 Å². The second-order valence-corrected chi connectivity index (χ2v) is 9.60. The number of halogens is 3. The van der Waals surface area contributed by atoms with Gasteiger partial charge in [-0.15, -0.1) is 5.10 Å². The first-order valence-corrected chi connectivity index (χ1v) is 11.7. The van der Waals surface area contributed by atoms with Crippen LogP contribution in [0.1, 0.15) is 31.0 Å². The molecule has 0 radical (unpaired) electrons. The van der Waals surface area contributed by atoms with Crippen molar-refractivity contribution in [3.8, 4) is 5.88 Å². The number of piperidine rings is 1. The van der Waals surface area contributed by atoms with Crippen LogP contribution in [0.2, 0.25) is 0 Å². The van der Waals surface area contributed by atoms with E-state index in [0.29, 0.717) is 62.4 Å². The molecule has 36 heavy (non-hydrogen) atoms. The van der Waals surface area contributed by atoms with Crippen molar-refractivity contribution in [2.75, 3.05) is 49.8 Å². The van der Waals surface area contributed by atoms with Crippen LogP contribution in [-0.4, -0.2) is 70.6 Å². The molecule has 6 heterocycles. The van der Waals surface area contributed by atoms with Gasteiger partial charge in [-0.25, -0.2) is 14.6 Å². The highest BCUT2D eigenvalue weighted by molar-refractivity contribution is 5.96. The van der Waals surface area contributed by atoms with Crippen molar-refractivity contribution in [2.45, 2.75) is 31.5 Å². The summed E-state index contributed by atoms with van der Waals surface area (Å²) in [5, 5.41) is 5.26. The summed E-state index contributed by atoms with van der Waals surface area (Å²) >= 11 is 0. The quantitative estimate of drug-likeness (QED) is 0.536. The van der Waals surface area contributed by atoms with Crippen LogP contribution < -0.4 is 14.5 Å². The second-order valence-electron chi connectivity index (χ2n) is 9.60. The van der Waals surface area contributed by atoms with E-state index in [2.05, 4.69) is 20.0 Å². The Morgan fingerprint density at radius 2 is 1.92 bits per heavy atom. The van der Waals surface area contributed by atoms with Gasteiger partial charge in [-0.05, 0) is 25.0 Å². The van der Waals surface area contributed by atoms with Crippen molar-refractivity contribution < 1.29 is 27.4 Å². The molecule has 190 valence electrons. The fraction of sp³-hybridized carbons (Fsp3) is 0.522. The molecule has 3 aromatic heterocycles. The number of methoxy groups -OCH3 is 1. The van der Waals surface area contributed by atoms with E-state index in [9.17, 15) is 18.0 Å². The van der Waals surface area contributed by atoms with Crippen LogP contribution in [0.5, 0.6) is 5.88 Å². The molecule has 3 aliphatic rings. The summed E-state index contributed by atoms with van der Waals surface area (Å²) in [5.41, 5.74) is -0.123. The molecule has 3 fully saturated rings. The molecule has 3 aliphatic heterocycles. The van der Waals surface area contributed by atoms with Gasteiger partial charge in [-0.3, -0.25) is 4.79 Å². The summed E-state index contributed by atoms with van der Waals surface area (Å²) in [5.74, 6) is 0.972. The van der Waals surface area contributed by atoms with Crippen molar-refractivity contribution in [3.05, 3.63) is 30.2 Å². The Balaban J connectivity index is 1.17. The Bertz CT molecular complexity index is 1300. The smallest absolute Gasteiger partial charge is 0.433 e. The maximum Gasteiger partial charge on any atom is 0.433 e. The number of amides is 1. The number of hydrogen-bond donors (Lipinski definition) is 0. The number of carbonyl (C=O) groups is 1. The zero-order valence-electron chi connectivity index (χ0n) is 19.5. The molecule has 6 rings (SSSR count). The second kappa shape index (κ2) is 8.29. The minimum Gasteiger partial charge on any atom is -0.479 e. The Kier molecular flexibility index (Phi) is 5.28. The summed E-state index contributed by atoms with van der Waals surface area (Å²) in [6.45, 7) is 2.93. The Morgan fingerprint density at radius 3 is 2.53 bits per heavy atom. The van der Waals surface area contributed by atoms with Crippen molar-refractivity contribution in [2.24, 2.45) is 5.41 Å². The predicted molar refractivity (Wildman–Crippen MR) is 122 cm³/mol. The minimum atomic E-state index is -4.51.